The Morgan fingerprint density at radius 3 is 1.77 bits per heavy atom. The van der Waals surface area contributed by atoms with Gasteiger partial charge in [0.2, 0.25) is 0 Å². The van der Waals surface area contributed by atoms with Crippen LogP contribution in [0.15, 0.2) is 54.6 Å². The molecule has 4 rings (SSSR count). The third kappa shape index (κ3) is 3.71. The molecule has 0 bridgehead atoms. The highest BCUT2D eigenvalue weighted by atomic mass is 35.5. The number of hydrogen-bond acceptors (Lipinski definition) is 1. The van der Waals surface area contributed by atoms with E-state index in [1.54, 1.807) is 0 Å². The number of hydrogen-bond donors (Lipinski definition) is 0. The van der Waals surface area contributed by atoms with Crippen LogP contribution < -0.4 is 0 Å². The van der Waals surface area contributed by atoms with Crippen LogP contribution in [0.5, 0.6) is 0 Å². The van der Waals surface area contributed by atoms with E-state index in [9.17, 15) is 0 Å². The Labute approximate surface area is 139 Å². The summed E-state index contributed by atoms with van der Waals surface area (Å²) >= 11 is 0. The van der Waals surface area contributed by atoms with Crippen molar-refractivity contribution in [1.29, 1.82) is 0 Å². The van der Waals surface area contributed by atoms with Gasteiger partial charge in [0.15, 0.2) is 0 Å². The van der Waals surface area contributed by atoms with E-state index in [1.165, 1.54) is 36.0 Å². The number of benzene rings is 2. The smallest absolute Gasteiger partial charge is 0.0968 e. The Morgan fingerprint density at radius 1 is 0.818 bits per heavy atom. The van der Waals surface area contributed by atoms with E-state index in [-0.39, 0.29) is 18.4 Å². The average molecular weight is 312 g/mol. The molecule has 1 aromatic carbocycles. The highest BCUT2D eigenvalue weighted by Gasteiger charge is 2.19. The molecule has 0 amide bonds. The van der Waals surface area contributed by atoms with Crippen LogP contribution in [0.4, 0.5) is 0 Å². The first kappa shape index (κ1) is 16.6. The van der Waals surface area contributed by atoms with E-state index in [0.717, 1.165) is 13.1 Å². The molecule has 22 heavy (non-hydrogen) atoms. The Bertz CT molecular complexity index is 585. The van der Waals surface area contributed by atoms with Gasteiger partial charge in [0, 0.05) is 0 Å². The van der Waals surface area contributed by atoms with Crippen molar-refractivity contribution in [3.63, 3.8) is 0 Å². The van der Waals surface area contributed by atoms with Gasteiger partial charge < -0.3 is 0 Å². The summed E-state index contributed by atoms with van der Waals surface area (Å²) in [4.78, 5) is 2.42. The van der Waals surface area contributed by atoms with Gasteiger partial charge in [-0.25, -0.2) is 0 Å². The van der Waals surface area contributed by atoms with E-state index in [0.29, 0.717) is 0 Å². The lowest BCUT2D eigenvalue weighted by atomic mass is 9.95. The van der Waals surface area contributed by atoms with Crippen LogP contribution in [0.2, 0.25) is 0 Å². The quantitative estimate of drug-likeness (QED) is 0.606. The fourth-order valence-electron chi connectivity index (χ4n) is 2.89. The van der Waals surface area contributed by atoms with Crippen molar-refractivity contribution in [2.45, 2.75) is 25.3 Å². The summed E-state index contributed by atoms with van der Waals surface area (Å²) < 4.78 is 0. The fraction of sp³-hybridized carbons (Fsp3) is 0.300. The topological polar surface area (TPSA) is 3.24 Å². The molecule has 0 aromatic heterocycles. The zero-order valence-corrected chi connectivity index (χ0v) is 13.6. The lowest BCUT2D eigenvalue weighted by Gasteiger charge is -2.31. The SMILES string of the molecule is C#CC(c1ccccc1)N1CCCCC1.Cl.c1cc2ccc1-2. The molecule has 1 atom stereocenters. The molecule has 1 heterocycles. The van der Waals surface area contributed by atoms with Gasteiger partial charge in [-0.1, -0.05) is 66.9 Å². The number of nitrogens with zero attached hydrogens (tertiary/aromatic N) is 1. The zero-order valence-electron chi connectivity index (χ0n) is 12.7. The van der Waals surface area contributed by atoms with Crippen LogP contribution >= 0.6 is 12.4 Å². The predicted molar refractivity (Wildman–Crippen MR) is 96.1 cm³/mol. The Morgan fingerprint density at radius 2 is 1.36 bits per heavy atom. The molecule has 0 saturated carbocycles. The second-order valence-electron chi connectivity index (χ2n) is 5.65. The summed E-state index contributed by atoms with van der Waals surface area (Å²) in [5, 5.41) is 0. The van der Waals surface area contributed by atoms with Gasteiger partial charge in [-0.15, -0.1) is 18.8 Å². The van der Waals surface area contributed by atoms with Gasteiger partial charge >= 0.3 is 0 Å². The number of halogens is 1. The summed E-state index contributed by atoms with van der Waals surface area (Å²) in [5.41, 5.74) is 4.10. The fourth-order valence-corrected chi connectivity index (χ4v) is 2.89. The van der Waals surface area contributed by atoms with E-state index in [1.807, 2.05) is 6.07 Å². The summed E-state index contributed by atoms with van der Waals surface area (Å²) in [7, 11) is 0. The maximum absolute atomic E-state index is 5.64. The van der Waals surface area contributed by atoms with Crippen LogP contribution in [-0.4, -0.2) is 18.0 Å². The summed E-state index contributed by atoms with van der Waals surface area (Å²) in [6.07, 6.45) is 9.56. The van der Waals surface area contributed by atoms with Crippen LogP contribution in [0, 0.1) is 12.3 Å². The van der Waals surface area contributed by atoms with Crippen LogP contribution in [0.1, 0.15) is 30.9 Å². The molecule has 2 aliphatic carbocycles. The molecule has 114 valence electrons. The first-order valence-electron chi connectivity index (χ1n) is 7.74. The summed E-state index contributed by atoms with van der Waals surface area (Å²) in [5.74, 6) is 2.91. The minimum atomic E-state index is 0. The van der Waals surface area contributed by atoms with Crippen molar-refractivity contribution in [3.05, 3.63) is 60.2 Å². The predicted octanol–water partition coefficient (Wildman–Crippen LogP) is 4.94. The third-order valence-corrected chi connectivity index (χ3v) is 4.25. The molecule has 1 saturated heterocycles. The molecular weight excluding hydrogens is 290 g/mol. The van der Waals surface area contributed by atoms with Crippen molar-refractivity contribution in [3.8, 4) is 23.5 Å². The largest absolute Gasteiger partial charge is 0.286 e. The highest BCUT2D eigenvalue weighted by molar-refractivity contribution is 5.85. The van der Waals surface area contributed by atoms with Crippen LogP contribution in [-0.2, 0) is 0 Å². The Hall–Kier alpha value is -1.75. The number of fused-ring (bicyclic) bond motifs is 1. The van der Waals surface area contributed by atoms with Crippen molar-refractivity contribution >= 4 is 12.4 Å². The van der Waals surface area contributed by atoms with Gasteiger partial charge in [-0.05, 0) is 42.6 Å². The van der Waals surface area contributed by atoms with E-state index < -0.39 is 0 Å². The molecule has 1 nitrogen and oxygen atoms in total. The van der Waals surface area contributed by atoms with Crippen LogP contribution in [0.25, 0.3) is 11.1 Å². The van der Waals surface area contributed by atoms with Gasteiger partial charge in [0.05, 0.1) is 6.04 Å². The summed E-state index contributed by atoms with van der Waals surface area (Å²) in [6.45, 7) is 2.29. The van der Waals surface area contributed by atoms with Gasteiger partial charge in [-0.3, -0.25) is 4.90 Å². The van der Waals surface area contributed by atoms with Crippen molar-refractivity contribution in [1.82, 2.24) is 4.90 Å². The molecule has 0 N–H and O–H groups in total. The highest BCUT2D eigenvalue weighted by Crippen LogP contribution is 2.29. The second-order valence-corrected chi connectivity index (χ2v) is 5.65. The first-order chi connectivity index (χ1) is 10.4. The standard InChI is InChI=1S/C14H17N.C6H4.ClH/c1-2-14(13-9-5-3-6-10-13)15-11-7-4-8-12-15;1-2-6-4-3-5(1)6;/h1,3,5-6,9-10,14H,4,7-8,11-12H2;1-4H;1H. The molecular formula is C20H22ClN. The van der Waals surface area contributed by atoms with E-state index in [4.69, 9.17) is 6.42 Å². The van der Waals surface area contributed by atoms with E-state index in [2.05, 4.69) is 59.4 Å². The van der Waals surface area contributed by atoms with Gasteiger partial charge in [0.1, 0.15) is 0 Å². The molecule has 1 aromatic rings. The van der Waals surface area contributed by atoms with Crippen molar-refractivity contribution in [2.24, 2.45) is 0 Å². The van der Waals surface area contributed by atoms with E-state index >= 15 is 0 Å². The monoisotopic (exact) mass is 311 g/mol. The normalized spacial score (nSPS) is 16.3. The maximum Gasteiger partial charge on any atom is 0.0968 e. The zero-order chi connectivity index (χ0) is 14.5. The Balaban J connectivity index is 0.000000209. The first-order valence-corrected chi connectivity index (χ1v) is 7.74. The van der Waals surface area contributed by atoms with Crippen LogP contribution in [0.3, 0.4) is 0 Å². The molecule has 1 aliphatic heterocycles. The molecule has 1 fully saturated rings. The van der Waals surface area contributed by atoms with Gasteiger partial charge in [-0.2, -0.15) is 0 Å². The third-order valence-electron chi connectivity index (χ3n) is 4.25. The molecule has 0 spiro atoms. The molecule has 1 unspecified atom stereocenters. The lowest BCUT2D eigenvalue weighted by molar-refractivity contribution is 0.197. The number of likely N-dealkylation sites (tertiary alicyclic amines) is 1. The molecule has 3 aliphatic rings. The maximum atomic E-state index is 5.64. The van der Waals surface area contributed by atoms with Gasteiger partial charge in [0.25, 0.3) is 0 Å². The Kier molecular flexibility index (Phi) is 6.07. The average Bonchev–Trinajstić information content (AvgIpc) is 2.54. The van der Waals surface area contributed by atoms with Crippen molar-refractivity contribution in [2.75, 3.05) is 13.1 Å². The summed E-state index contributed by atoms with van der Waals surface area (Å²) in [6, 6.07) is 19.1. The number of rotatable bonds is 2. The molecule has 0 radical (unpaired) electrons. The minimum absolute atomic E-state index is 0. The number of piperidine rings is 1. The van der Waals surface area contributed by atoms with Crippen molar-refractivity contribution < 1.29 is 0 Å². The number of terminal acetylenes is 1. The lowest BCUT2D eigenvalue weighted by Crippen LogP contribution is -2.33. The molecule has 2 heteroatoms. The second kappa shape index (κ2) is 8.03. The minimum Gasteiger partial charge on any atom is -0.286 e.